The molecule has 2 atom stereocenters. The van der Waals surface area contributed by atoms with Crippen LogP contribution in [0, 0.1) is 5.92 Å². The van der Waals surface area contributed by atoms with Crippen molar-refractivity contribution in [2.75, 3.05) is 5.32 Å². The van der Waals surface area contributed by atoms with Gasteiger partial charge in [-0.3, -0.25) is 4.79 Å². The van der Waals surface area contributed by atoms with Crippen molar-refractivity contribution >= 4 is 34.8 Å². The molecule has 1 fully saturated rings. The highest BCUT2D eigenvalue weighted by atomic mass is 35.5. The van der Waals surface area contributed by atoms with Crippen LogP contribution in [-0.4, -0.2) is 11.4 Å². The van der Waals surface area contributed by atoms with E-state index in [0.717, 1.165) is 12.8 Å². The molecule has 0 heterocycles. The first-order valence-corrected chi connectivity index (χ1v) is 7.22. The minimum Gasteiger partial charge on any atom is -0.323 e. The lowest BCUT2D eigenvalue weighted by molar-refractivity contribution is -0.122. The van der Waals surface area contributed by atoms with E-state index in [2.05, 4.69) is 12.2 Å². The summed E-state index contributed by atoms with van der Waals surface area (Å²) in [6.45, 7) is 2.13. The number of hydrogen-bond acceptors (Lipinski definition) is 2. The van der Waals surface area contributed by atoms with Crippen molar-refractivity contribution < 1.29 is 4.79 Å². The molecule has 0 bridgehead atoms. The van der Waals surface area contributed by atoms with Crippen LogP contribution in [0.25, 0.3) is 0 Å². The number of rotatable bonds is 2. The van der Waals surface area contributed by atoms with Crippen LogP contribution in [0.1, 0.15) is 32.6 Å². The minimum absolute atomic E-state index is 0.178. The normalized spacial score (nSPS) is 27.1. The van der Waals surface area contributed by atoms with Crippen LogP contribution in [0.5, 0.6) is 0 Å². The van der Waals surface area contributed by atoms with Gasteiger partial charge < -0.3 is 11.1 Å². The number of amides is 1. The van der Waals surface area contributed by atoms with Crippen LogP contribution in [0.4, 0.5) is 5.69 Å². The first-order valence-electron chi connectivity index (χ1n) is 6.46. The molecule has 0 radical (unpaired) electrons. The van der Waals surface area contributed by atoms with E-state index in [4.69, 9.17) is 28.9 Å². The smallest absolute Gasteiger partial charge is 0.244 e. The second-order valence-electron chi connectivity index (χ2n) is 5.44. The minimum atomic E-state index is -0.802. The Labute approximate surface area is 123 Å². The molecule has 104 valence electrons. The van der Waals surface area contributed by atoms with Gasteiger partial charge in [-0.25, -0.2) is 0 Å². The summed E-state index contributed by atoms with van der Waals surface area (Å²) < 4.78 is 0. The highest BCUT2D eigenvalue weighted by molar-refractivity contribution is 6.35. The largest absolute Gasteiger partial charge is 0.323 e. The van der Waals surface area contributed by atoms with E-state index in [1.807, 2.05) is 0 Å². The van der Waals surface area contributed by atoms with Crippen LogP contribution >= 0.6 is 23.2 Å². The third kappa shape index (κ3) is 3.41. The molecule has 19 heavy (non-hydrogen) atoms. The fourth-order valence-corrected chi connectivity index (χ4v) is 2.98. The van der Waals surface area contributed by atoms with Gasteiger partial charge in [-0.05, 0) is 37.0 Å². The number of carbonyl (C=O) groups is 1. The molecule has 1 aromatic carbocycles. The van der Waals surface area contributed by atoms with Gasteiger partial charge in [-0.2, -0.15) is 0 Å². The van der Waals surface area contributed by atoms with Crippen LogP contribution < -0.4 is 11.1 Å². The lowest BCUT2D eigenvalue weighted by Gasteiger charge is -2.35. The van der Waals surface area contributed by atoms with Gasteiger partial charge in [0.2, 0.25) is 5.91 Å². The summed E-state index contributed by atoms with van der Waals surface area (Å²) in [7, 11) is 0. The average molecular weight is 301 g/mol. The number of halogens is 2. The summed E-state index contributed by atoms with van der Waals surface area (Å²) in [5.74, 6) is 0.294. The lowest BCUT2D eigenvalue weighted by Crippen LogP contribution is -2.53. The molecule has 1 aliphatic carbocycles. The second-order valence-corrected chi connectivity index (χ2v) is 6.28. The molecule has 0 aromatic heterocycles. The molecular formula is C14H18Cl2N2O. The molecular weight excluding hydrogens is 283 g/mol. The fourth-order valence-electron chi connectivity index (χ4n) is 2.64. The van der Waals surface area contributed by atoms with E-state index in [1.165, 1.54) is 0 Å². The molecule has 1 aliphatic rings. The van der Waals surface area contributed by atoms with Gasteiger partial charge in [0.05, 0.1) is 16.2 Å². The van der Waals surface area contributed by atoms with Gasteiger partial charge in [0.25, 0.3) is 0 Å². The van der Waals surface area contributed by atoms with E-state index in [1.54, 1.807) is 18.2 Å². The molecule has 3 N–H and O–H groups in total. The summed E-state index contributed by atoms with van der Waals surface area (Å²) in [4.78, 5) is 12.4. The molecule has 0 aliphatic heterocycles. The molecule has 2 unspecified atom stereocenters. The maximum atomic E-state index is 12.4. The molecule has 1 aromatic rings. The second kappa shape index (κ2) is 5.70. The van der Waals surface area contributed by atoms with Crippen molar-refractivity contribution in [3.63, 3.8) is 0 Å². The van der Waals surface area contributed by atoms with E-state index in [-0.39, 0.29) is 5.91 Å². The van der Waals surface area contributed by atoms with Crippen molar-refractivity contribution in [2.45, 2.75) is 38.1 Å². The lowest BCUT2D eigenvalue weighted by atomic mass is 9.76. The summed E-state index contributed by atoms with van der Waals surface area (Å²) in [5, 5.41) is 3.79. The predicted molar refractivity (Wildman–Crippen MR) is 79.6 cm³/mol. The summed E-state index contributed by atoms with van der Waals surface area (Å²) in [5.41, 5.74) is 5.95. The standard InChI is InChI=1S/C14H18Cl2N2O/c1-9-3-2-6-14(17,8-9)13(19)18-12-7-10(15)4-5-11(12)16/h4-5,7,9H,2-3,6,8,17H2,1H3,(H,18,19). The zero-order valence-electron chi connectivity index (χ0n) is 10.9. The first kappa shape index (κ1) is 14.6. The van der Waals surface area contributed by atoms with Gasteiger partial charge in [-0.15, -0.1) is 0 Å². The number of hydrogen-bond donors (Lipinski definition) is 2. The highest BCUT2D eigenvalue weighted by Crippen LogP contribution is 2.32. The van der Waals surface area contributed by atoms with Gasteiger partial charge in [-0.1, -0.05) is 43.0 Å². The summed E-state index contributed by atoms with van der Waals surface area (Å²) >= 11 is 11.9. The van der Waals surface area contributed by atoms with Crippen molar-refractivity contribution in [1.82, 2.24) is 0 Å². The molecule has 0 saturated heterocycles. The van der Waals surface area contributed by atoms with Gasteiger partial charge in [0.1, 0.15) is 0 Å². The fraction of sp³-hybridized carbons (Fsp3) is 0.500. The number of benzene rings is 1. The number of carbonyl (C=O) groups excluding carboxylic acids is 1. The molecule has 2 rings (SSSR count). The van der Waals surface area contributed by atoms with Crippen LogP contribution in [0.15, 0.2) is 18.2 Å². The van der Waals surface area contributed by atoms with Crippen molar-refractivity contribution in [2.24, 2.45) is 11.7 Å². The molecule has 3 nitrogen and oxygen atoms in total. The van der Waals surface area contributed by atoms with E-state index >= 15 is 0 Å². The van der Waals surface area contributed by atoms with Gasteiger partial charge >= 0.3 is 0 Å². The van der Waals surface area contributed by atoms with Gasteiger partial charge in [0, 0.05) is 5.02 Å². The van der Waals surface area contributed by atoms with E-state index in [0.29, 0.717) is 34.5 Å². The Balaban J connectivity index is 2.14. The quantitative estimate of drug-likeness (QED) is 0.872. The van der Waals surface area contributed by atoms with Crippen molar-refractivity contribution in [3.05, 3.63) is 28.2 Å². The Hall–Kier alpha value is -0.770. The highest BCUT2D eigenvalue weighted by Gasteiger charge is 2.38. The maximum absolute atomic E-state index is 12.4. The van der Waals surface area contributed by atoms with Crippen LogP contribution in [0.3, 0.4) is 0 Å². The number of nitrogens with two attached hydrogens (primary N) is 1. The van der Waals surface area contributed by atoms with E-state index < -0.39 is 5.54 Å². The number of nitrogens with one attached hydrogen (secondary N) is 1. The van der Waals surface area contributed by atoms with Crippen LogP contribution in [0.2, 0.25) is 10.0 Å². The Morgan fingerprint density at radius 2 is 2.21 bits per heavy atom. The first-order chi connectivity index (χ1) is 8.90. The zero-order chi connectivity index (χ0) is 14.0. The van der Waals surface area contributed by atoms with Crippen molar-refractivity contribution in [3.8, 4) is 0 Å². The van der Waals surface area contributed by atoms with Gasteiger partial charge in [0.15, 0.2) is 0 Å². The Kier molecular flexibility index (Phi) is 4.39. The monoisotopic (exact) mass is 300 g/mol. The number of anilines is 1. The Morgan fingerprint density at radius 1 is 1.47 bits per heavy atom. The Bertz CT molecular complexity index is 492. The van der Waals surface area contributed by atoms with Crippen LogP contribution in [-0.2, 0) is 4.79 Å². The third-order valence-corrected chi connectivity index (χ3v) is 4.23. The maximum Gasteiger partial charge on any atom is 0.244 e. The Morgan fingerprint density at radius 3 is 2.89 bits per heavy atom. The summed E-state index contributed by atoms with van der Waals surface area (Å²) in [6, 6.07) is 4.98. The topological polar surface area (TPSA) is 55.1 Å². The SMILES string of the molecule is CC1CCCC(N)(C(=O)Nc2cc(Cl)ccc2Cl)C1. The van der Waals surface area contributed by atoms with E-state index in [9.17, 15) is 4.79 Å². The van der Waals surface area contributed by atoms with Crippen molar-refractivity contribution in [1.29, 1.82) is 0 Å². The third-order valence-electron chi connectivity index (χ3n) is 3.66. The molecule has 1 amide bonds. The zero-order valence-corrected chi connectivity index (χ0v) is 12.4. The molecule has 1 saturated carbocycles. The molecule has 0 spiro atoms. The average Bonchev–Trinajstić information content (AvgIpc) is 2.33. The molecule has 5 heteroatoms. The predicted octanol–water partition coefficient (Wildman–Crippen LogP) is 3.84. The summed E-state index contributed by atoms with van der Waals surface area (Å²) in [6.07, 6.45) is 3.52.